The number of thiazole rings is 1. The van der Waals surface area contributed by atoms with Crippen molar-refractivity contribution in [2.75, 3.05) is 19.6 Å². The van der Waals surface area contributed by atoms with Gasteiger partial charge >= 0.3 is 0 Å². The molecule has 0 radical (unpaired) electrons. The quantitative estimate of drug-likeness (QED) is 0.315. The molecule has 0 unspecified atom stereocenters. The molecule has 0 aliphatic heterocycles. The molecule has 5 aromatic rings. The topological polar surface area (TPSA) is 68.9 Å². The lowest BCUT2D eigenvalue weighted by Crippen LogP contribution is -2.08. The average Bonchev–Trinajstić information content (AvgIpc) is 3.25. The molecule has 2 aromatic heterocycles. The Morgan fingerprint density at radius 3 is 2.55 bits per heavy atom. The maximum absolute atomic E-state index is 6.35. The normalized spacial score (nSPS) is 11.8. The van der Waals surface area contributed by atoms with E-state index in [0.717, 1.165) is 48.4 Å². The molecule has 1 N–H and O–H groups in total. The minimum atomic E-state index is 0.636. The number of fused-ring (bicyclic) bond motifs is 2. The number of hydrogen-bond donors (Lipinski definition) is 1. The first-order valence-electron chi connectivity index (χ1n) is 10.5. The summed E-state index contributed by atoms with van der Waals surface area (Å²) in [4.78, 5) is 4.63. The number of rotatable bonds is 5. The Morgan fingerprint density at radius 2 is 1.76 bits per heavy atom. The van der Waals surface area contributed by atoms with E-state index in [1.165, 1.54) is 0 Å². The first-order chi connectivity index (χ1) is 16.1. The highest BCUT2D eigenvalue weighted by Crippen LogP contribution is 2.33. The fourth-order valence-corrected chi connectivity index (χ4v) is 4.68. The van der Waals surface area contributed by atoms with Crippen molar-refractivity contribution in [2.45, 2.75) is 13.8 Å². The third-order valence-corrected chi connectivity index (χ3v) is 6.35. The molecule has 0 aliphatic carbocycles. The van der Waals surface area contributed by atoms with E-state index in [-0.39, 0.29) is 0 Å². The highest BCUT2D eigenvalue weighted by Gasteiger charge is 2.12. The van der Waals surface area contributed by atoms with Crippen molar-refractivity contribution in [3.63, 3.8) is 0 Å². The Morgan fingerprint density at radius 1 is 0.939 bits per heavy atom. The van der Waals surface area contributed by atoms with Crippen molar-refractivity contribution >= 4 is 37.7 Å². The third kappa shape index (κ3) is 4.03. The molecule has 0 spiro atoms. The molecule has 0 atom stereocenters. The summed E-state index contributed by atoms with van der Waals surface area (Å²) in [7, 11) is 3.24. The standard InChI is InChI=1S/C26H23N3O3S/c1-15-11-16(2)25-18(12-15)20(28-29-26-27-19-7-5-6-8-24(19)33-26)14-22(32-25)17-9-10-21(30-3)23(13-17)31-4/h5-14H,1-4H3,(H,27,29). The Labute approximate surface area is 195 Å². The van der Waals surface area contributed by atoms with Crippen LogP contribution in [-0.4, -0.2) is 19.2 Å². The molecular formula is C26H23N3O3S. The SMILES string of the molecule is COc1ccc(-c2cc(=NNc3nc4ccccc4s3)c3cc(C)cc(C)c3o2)cc1OC. The largest absolute Gasteiger partial charge is 0.493 e. The van der Waals surface area contributed by atoms with Gasteiger partial charge in [-0.3, -0.25) is 5.43 Å². The van der Waals surface area contributed by atoms with Crippen LogP contribution in [0.5, 0.6) is 11.5 Å². The van der Waals surface area contributed by atoms with Gasteiger partial charge in [-0.1, -0.05) is 29.5 Å². The van der Waals surface area contributed by atoms with Crippen molar-refractivity contribution in [1.29, 1.82) is 0 Å². The smallest absolute Gasteiger partial charge is 0.204 e. The minimum absolute atomic E-state index is 0.636. The van der Waals surface area contributed by atoms with Gasteiger partial charge in [0.25, 0.3) is 0 Å². The van der Waals surface area contributed by atoms with E-state index >= 15 is 0 Å². The predicted molar refractivity (Wildman–Crippen MR) is 133 cm³/mol. The second-order valence-electron chi connectivity index (χ2n) is 7.73. The van der Waals surface area contributed by atoms with Crippen LogP contribution >= 0.6 is 11.3 Å². The lowest BCUT2D eigenvalue weighted by molar-refractivity contribution is 0.355. The summed E-state index contributed by atoms with van der Waals surface area (Å²) < 4.78 is 18.3. The maximum atomic E-state index is 6.35. The number of benzene rings is 3. The molecule has 2 heterocycles. The summed E-state index contributed by atoms with van der Waals surface area (Å²) in [6.07, 6.45) is 0. The molecule has 5 rings (SSSR count). The molecule has 0 fully saturated rings. The average molecular weight is 458 g/mol. The van der Waals surface area contributed by atoms with Gasteiger partial charge in [-0.2, -0.15) is 5.10 Å². The second kappa shape index (κ2) is 8.60. The minimum Gasteiger partial charge on any atom is -0.493 e. The van der Waals surface area contributed by atoms with Crippen LogP contribution in [0.15, 0.2) is 70.2 Å². The monoisotopic (exact) mass is 457 g/mol. The van der Waals surface area contributed by atoms with E-state index in [4.69, 9.17) is 19.0 Å². The van der Waals surface area contributed by atoms with Gasteiger partial charge in [0.1, 0.15) is 11.3 Å². The van der Waals surface area contributed by atoms with E-state index in [9.17, 15) is 0 Å². The summed E-state index contributed by atoms with van der Waals surface area (Å²) in [5.74, 6) is 1.98. The van der Waals surface area contributed by atoms with E-state index in [0.29, 0.717) is 17.3 Å². The molecule has 33 heavy (non-hydrogen) atoms. The molecule has 6 nitrogen and oxygen atoms in total. The van der Waals surface area contributed by atoms with Crippen LogP contribution in [-0.2, 0) is 0 Å². The Balaban J connectivity index is 1.67. The van der Waals surface area contributed by atoms with Crippen LogP contribution in [0.1, 0.15) is 11.1 Å². The Hall–Kier alpha value is -3.84. The van der Waals surface area contributed by atoms with Gasteiger partial charge in [-0.25, -0.2) is 4.98 Å². The predicted octanol–water partition coefficient (Wildman–Crippen LogP) is 6.27. The number of nitrogens with one attached hydrogen (secondary N) is 1. The molecule has 166 valence electrons. The lowest BCUT2D eigenvalue weighted by atomic mass is 10.1. The summed E-state index contributed by atoms with van der Waals surface area (Å²) >= 11 is 1.57. The highest BCUT2D eigenvalue weighted by molar-refractivity contribution is 7.22. The molecule has 0 amide bonds. The molecule has 3 aromatic carbocycles. The Kier molecular flexibility index (Phi) is 5.48. The molecule has 7 heteroatoms. The van der Waals surface area contributed by atoms with Gasteiger partial charge in [-0.05, 0) is 61.4 Å². The number of aryl methyl sites for hydroxylation is 2. The summed E-state index contributed by atoms with van der Waals surface area (Å²) in [6, 6.07) is 19.9. The van der Waals surface area contributed by atoms with Crippen molar-refractivity contribution in [3.8, 4) is 22.8 Å². The zero-order chi connectivity index (χ0) is 22.9. The van der Waals surface area contributed by atoms with Crippen molar-refractivity contribution in [1.82, 2.24) is 4.98 Å². The van der Waals surface area contributed by atoms with Crippen LogP contribution in [0.25, 0.3) is 32.5 Å². The van der Waals surface area contributed by atoms with Crippen LogP contribution in [0, 0.1) is 13.8 Å². The number of ether oxygens (including phenoxy) is 2. The van der Waals surface area contributed by atoms with Gasteiger partial charge in [-0.15, -0.1) is 0 Å². The van der Waals surface area contributed by atoms with Crippen molar-refractivity contribution in [3.05, 3.63) is 77.1 Å². The van der Waals surface area contributed by atoms with Gasteiger partial charge in [0.15, 0.2) is 11.5 Å². The van der Waals surface area contributed by atoms with Gasteiger partial charge < -0.3 is 13.9 Å². The van der Waals surface area contributed by atoms with E-state index in [1.54, 1.807) is 25.6 Å². The van der Waals surface area contributed by atoms with Crippen LogP contribution < -0.4 is 20.3 Å². The Bertz CT molecular complexity index is 1520. The molecular weight excluding hydrogens is 434 g/mol. The summed E-state index contributed by atoms with van der Waals surface area (Å²) in [6.45, 7) is 4.11. The van der Waals surface area contributed by atoms with Crippen LogP contribution in [0.4, 0.5) is 5.13 Å². The maximum Gasteiger partial charge on any atom is 0.204 e. The molecule has 0 aliphatic rings. The number of nitrogens with zero attached hydrogens (tertiary/aromatic N) is 2. The van der Waals surface area contributed by atoms with Crippen molar-refractivity contribution < 1.29 is 13.9 Å². The summed E-state index contributed by atoms with van der Waals surface area (Å²) in [5.41, 5.74) is 7.94. The highest BCUT2D eigenvalue weighted by atomic mass is 32.1. The third-order valence-electron chi connectivity index (χ3n) is 5.41. The zero-order valence-corrected chi connectivity index (χ0v) is 19.6. The summed E-state index contributed by atoms with van der Waals surface area (Å²) in [5, 5.41) is 7.17. The fraction of sp³-hybridized carbons (Fsp3) is 0.154. The zero-order valence-electron chi connectivity index (χ0n) is 18.8. The number of para-hydroxylation sites is 1. The van der Waals surface area contributed by atoms with Crippen LogP contribution in [0.3, 0.4) is 0 Å². The van der Waals surface area contributed by atoms with Gasteiger partial charge in [0, 0.05) is 17.0 Å². The first-order valence-corrected chi connectivity index (χ1v) is 11.3. The number of anilines is 1. The van der Waals surface area contributed by atoms with E-state index in [1.807, 2.05) is 49.4 Å². The van der Waals surface area contributed by atoms with E-state index in [2.05, 4.69) is 35.5 Å². The second-order valence-corrected chi connectivity index (χ2v) is 8.77. The van der Waals surface area contributed by atoms with Gasteiger partial charge in [0.2, 0.25) is 5.13 Å². The van der Waals surface area contributed by atoms with Crippen molar-refractivity contribution in [2.24, 2.45) is 5.10 Å². The lowest BCUT2D eigenvalue weighted by Gasteiger charge is -2.11. The molecule has 0 saturated carbocycles. The number of aromatic nitrogens is 1. The number of hydrogen-bond acceptors (Lipinski definition) is 7. The van der Waals surface area contributed by atoms with Gasteiger partial charge in [0.05, 0.1) is 29.8 Å². The fourth-order valence-electron chi connectivity index (χ4n) is 3.87. The van der Waals surface area contributed by atoms with Crippen LogP contribution in [0.2, 0.25) is 0 Å². The first kappa shape index (κ1) is 21.0. The molecule has 0 saturated heterocycles. The van der Waals surface area contributed by atoms with E-state index < -0.39 is 0 Å². The molecule has 0 bridgehead atoms. The number of methoxy groups -OCH3 is 2.